The number of aryl methyl sites for hydroxylation is 1. The fourth-order valence-electron chi connectivity index (χ4n) is 3.01. The van der Waals surface area contributed by atoms with Crippen LogP contribution in [0.4, 0.5) is 10.1 Å². The zero-order valence-corrected chi connectivity index (χ0v) is 19.2. The van der Waals surface area contributed by atoms with E-state index in [2.05, 4.69) is 16.0 Å². The summed E-state index contributed by atoms with van der Waals surface area (Å²) in [5.74, 6) is -0.921. The van der Waals surface area contributed by atoms with Crippen molar-refractivity contribution in [1.29, 1.82) is 0 Å². The molecule has 32 heavy (non-hydrogen) atoms. The van der Waals surface area contributed by atoms with Gasteiger partial charge in [-0.2, -0.15) is 0 Å². The molecule has 1 saturated heterocycles. The predicted molar refractivity (Wildman–Crippen MR) is 121 cm³/mol. The smallest absolute Gasteiger partial charge is 0.241 e. The lowest BCUT2D eigenvalue weighted by Gasteiger charge is -2.29. The maximum Gasteiger partial charge on any atom is 0.241 e. The molecule has 3 N–H and O–H groups in total. The molecule has 2 amide bonds. The highest BCUT2D eigenvalue weighted by Crippen LogP contribution is 2.22. The highest BCUT2D eigenvalue weighted by atomic mass is 32.2. The first-order valence-electron chi connectivity index (χ1n) is 9.89. The van der Waals surface area contributed by atoms with Crippen LogP contribution in [0.1, 0.15) is 12.5 Å². The number of hydrogen-bond donors (Lipinski definition) is 3. The molecule has 2 unspecified atom stereocenters. The number of sulfone groups is 1. The van der Waals surface area contributed by atoms with Crippen molar-refractivity contribution in [3.8, 4) is 5.75 Å². The lowest BCUT2D eigenvalue weighted by Crippen LogP contribution is -2.59. The number of halogens is 1. The molecule has 2 aromatic rings. The summed E-state index contributed by atoms with van der Waals surface area (Å²) in [7, 11) is -3.90. The third-order valence-electron chi connectivity index (χ3n) is 4.73. The van der Waals surface area contributed by atoms with Gasteiger partial charge in [0.15, 0.2) is 15.1 Å². The quantitative estimate of drug-likeness (QED) is 0.529. The minimum atomic E-state index is -3.90. The van der Waals surface area contributed by atoms with E-state index < -0.39 is 32.3 Å². The summed E-state index contributed by atoms with van der Waals surface area (Å²) in [6.45, 7) is 3.81. The third-order valence-corrected chi connectivity index (χ3v) is 7.83. The average molecular weight is 482 g/mol. The maximum atomic E-state index is 13.6. The summed E-state index contributed by atoms with van der Waals surface area (Å²) in [6.07, 6.45) is 0. The van der Waals surface area contributed by atoms with Gasteiger partial charge in [0.25, 0.3) is 0 Å². The molecule has 0 radical (unpaired) electrons. The van der Waals surface area contributed by atoms with Crippen LogP contribution in [0.15, 0.2) is 47.4 Å². The molecule has 1 heterocycles. The zero-order valence-electron chi connectivity index (χ0n) is 17.6. The van der Waals surface area contributed by atoms with Crippen LogP contribution in [-0.4, -0.2) is 49.9 Å². The Hall–Kier alpha value is -2.63. The van der Waals surface area contributed by atoms with Gasteiger partial charge in [0.1, 0.15) is 17.1 Å². The molecular weight excluding hydrogens is 457 g/mol. The van der Waals surface area contributed by atoms with Crippen molar-refractivity contribution >= 4 is 39.1 Å². The fourth-order valence-corrected chi connectivity index (χ4v) is 5.33. The van der Waals surface area contributed by atoms with Gasteiger partial charge in [-0.15, -0.1) is 11.8 Å². The number of nitrogens with one attached hydrogen (secondary N) is 3. The Kier molecular flexibility index (Phi) is 7.75. The van der Waals surface area contributed by atoms with Gasteiger partial charge in [0.05, 0.1) is 17.3 Å². The number of benzene rings is 2. The second-order valence-electron chi connectivity index (χ2n) is 7.06. The van der Waals surface area contributed by atoms with Crippen LogP contribution in [-0.2, 0) is 19.4 Å². The van der Waals surface area contributed by atoms with Crippen LogP contribution in [0.5, 0.6) is 5.75 Å². The van der Waals surface area contributed by atoms with Gasteiger partial charge in [0.2, 0.25) is 11.8 Å². The summed E-state index contributed by atoms with van der Waals surface area (Å²) >= 11 is 1.09. The summed E-state index contributed by atoms with van der Waals surface area (Å²) < 4.78 is 44.6. The third kappa shape index (κ3) is 5.78. The van der Waals surface area contributed by atoms with Crippen molar-refractivity contribution in [2.45, 2.75) is 29.5 Å². The molecule has 1 aliphatic rings. The van der Waals surface area contributed by atoms with Crippen molar-refractivity contribution in [2.75, 3.05) is 24.2 Å². The molecule has 1 fully saturated rings. The standard InChI is InChI=1S/C21H24FN3O5S2/c1-3-30-15-6-8-16(9-7-15)32(28,29)18-11-23-21(25-20(18)27)31-12-19(26)24-14-5-4-13(2)17(22)10-14/h4-10,18,21,23H,3,11-12H2,1-2H3,(H,24,26)(H,25,27). The Labute approximate surface area is 190 Å². The number of rotatable bonds is 8. The normalized spacial score (nSPS) is 18.7. The highest BCUT2D eigenvalue weighted by molar-refractivity contribution is 8.00. The molecule has 3 rings (SSSR count). The first-order chi connectivity index (χ1) is 15.2. The maximum absolute atomic E-state index is 13.6. The van der Waals surface area contributed by atoms with Crippen molar-refractivity contribution in [3.05, 3.63) is 53.8 Å². The second kappa shape index (κ2) is 10.3. The Morgan fingerprint density at radius 2 is 1.97 bits per heavy atom. The minimum Gasteiger partial charge on any atom is -0.494 e. The molecule has 0 bridgehead atoms. The van der Waals surface area contributed by atoms with Crippen LogP contribution in [0.2, 0.25) is 0 Å². The van der Waals surface area contributed by atoms with Crippen molar-refractivity contribution in [3.63, 3.8) is 0 Å². The molecule has 2 aromatic carbocycles. The van der Waals surface area contributed by atoms with E-state index in [1.807, 2.05) is 6.92 Å². The molecule has 11 heteroatoms. The van der Waals surface area contributed by atoms with Crippen molar-refractivity contribution in [2.24, 2.45) is 0 Å². The van der Waals surface area contributed by atoms with Gasteiger partial charge in [-0.05, 0) is 55.8 Å². The summed E-state index contributed by atoms with van der Waals surface area (Å²) in [5, 5.41) is 6.80. The number of carbonyl (C=O) groups excluding carboxylic acids is 2. The number of ether oxygens (including phenoxy) is 1. The molecule has 8 nitrogen and oxygen atoms in total. The summed E-state index contributed by atoms with van der Waals surface area (Å²) in [5.41, 5.74) is 0.178. The SMILES string of the molecule is CCOc1ccc(S(=O)(=O)C2CNC(SCC(=O)Nc3ccc(C)c(F)c3)NC2=O)cc1. The lowest BCUT2D eigenvalue weighted by molar-refractivity contribution is -0.122. The van der Waals surface area contributed by atoms with Gasteiger partial charge in [0, 0.05) is 12.2 Å². The van der Waals surface area contributed by atoms with Crippen molar-refractivity contribution < 1.29 is 27.1 Å². The van der Waals surface area contributed by atoms with Crippen LogP contribution < -0.4 is 20.7 Å². The van der Waals surface area contributed by atoms with E-state index in [1.165, 1.54) is 18.2 Å². The Morgan fingerprint density at radius 1 is 1.25 bits per heavy atom. The topological polar surface area (TPSA) is 114 Å². The van der Waals surface area contributed by atoms with E-state index in [0.29, 0.717) is 23.6 Å². The lowest BCUT2D eigenvalue weighted by atomic mass is 10.2. The van der Waals surface area contributed by atoms with Crippen LogP contribution in [0.25, 0.3) is 0 Å². The van der Waals surface area contributed by atoms with Gasteiger partial charge < -0.3 is 15.4 Å². The molecule has 2 atom stereocenters. The molecule has 1 aliphatic heterocycles. The molecule has 172 valence electrons. The largest absolute Gasteiger partial charge is 0.494 e. The first kappa shape index (κ1) is 24.0. The minimum absolute atomic E-state index is 0.0241. The van der Waals surface area contributed by atoms with Gasteiger partial charge in [-0.25, -0.2) is 12.8 Å². The summed E-state index contributed by atoms with van der Waals surface area (Å²) in [4.78, 5) is 24.6. The number of hydrogen-bond acceptors (Lipinski definition) is 7. The predicted octanol–water partition coefficient (Wildman–Crippen LogP) is 2.05. The van der Waals surface area contributed by atoms with Crippen LogP contribution >= 0.6 is 11.8 Å². The molecule has 0 aliphatic carbocycles. The first-order valence-corrected chi connectivity index (χ1v) is 12.5. The van der Waals surface area contributed by atoms with E-state index in [4.69, 9.17) is 4.74 Å². The van der Waals surface area contributed by atoms with E-state index in [1.54, 1.807) is 31.2 Å². The van der Waals surface area contributed by atoms with E-state index in [-0.39, 0.29) is 23.1 Å². The second-order valence-corrected chi connectivity index (χ2v) is 10.3. The van der Waals surface area contributed by atoms with E-state index in [0.717, 1.165) is 11.8 Å². The van der Waals surface area contributed by atoms with Gasteiger partial charge >= 0.3 is 0 Å². The number of anilines is 1. The monoisotopic (exact) mass is 481 g/mol. The Bertz CT molecular complexity index is 1090. The summed E-state index contributed by atoms with van der Waals surface area (Å²) in [6, 6.07) is 10.3. The average Bonchev–Trinajstić information content (AvgIpc) is 2.75. The van der Waals surface area contributed by atoms with Gasteiger partial charge in [-0.3, -0.25) is 14.9 Å². The van der Waals surface area contributed by atoms with Crippen LogP contribution in [0, 0.1) is 12.7 Å². The van der Waals surface area contributed by atoms with Crippen molar-refractivity contribution in [1.82, 2.24) is 10.6 Å². The van der Waals surface area contributed by atoms with E-state index in [9.17, 15) is 22.4 Å². The van der Waals surface area contributed by atoms with Gasteiger partial charge in [-0.1, -0.05) is 6.07 Å². The number of carbonyl (C=O) groups is 2. The molecule has 0 saturated carbocycles. The highest BCUT2D eigenvalue weighted by Gasteiger charge is 2.38. The van der Waals surface area contributed by atoms with Crippen LogP contribution in [0.3, 0.4) is 0 Å². The molecule has 0 spiro atoms. The molecular formula is C21H24FN3O5S2. The molecule has 0 aromatic heterocycles. The Balaban J connectivity index is 1.53. The Morgan fingerprint density at radius 3 is 2.59 bits per heavy atom. The number of amides is 2. The van der Waals surface area contributed by atoms with E-state index >= 15 is 0 Å². The zero-order chi connectivity index (χ0) is 23.3. The number of thioether (sulfide) groups is 1. The fraction of sp³-hybridized carbons (Fsp3) is 0.333.